The van der Waals surface area contributed by atoms with Crippen molar-refractivity contribution in [2.75, 3.05) is 32.7 Å². The minimum absolute atomic E-state index is 0.0515. The Morgan fingerprint density at radius 1 is 1.14 bits per heavy atom. The molecule has 1 atom stereocenters. The van der Waals surface area contributed by atoms with Crippen LogP contribution in [0.2, 0.25) is 0 Å². The second kappa shape index (κ2) is 9.88. The zero-order valence-electron chi connectivity index (χ0n) is 17.0. The molecular formula is C22H32BrN3O2. The number of rotatable bonds is 6. The highest BCUT2D eigenvalue weighted by atomic mass is 79.9. The van der Waals surface area contributed by atoms with E-state index in [0.29, 0.717) is 30.5 Å². The number of benzene rings is 1. The maximum absolute atomic E-state index is 13.0. The van der Waals surface area contributed by atoms with Crippen LogP contribution < -0.4 is 5.32 Å². The first kappa shape index (κ1) is 21.3. The van der Waals surface area contributed by atoms with E-state index in [1.54, 1.807) is 0 Å². The Morgan fingerprint density at radius 2 is 1.82 bits per heavy atom. The Labute approximate surface area is 177 Å². The van der Waals surface area contributed by atoms with Gasteiger partial charge in [-0.1, -0.05) is 48.7 Å². The van der Waals surface area contributed by atoms with Crippen LogP contribution in [0.4, 0.5) is 0 Å². The van der Waals surface area contributed by atoms with Crippen molar-refractivity contribution in [1.29, 1.82) is 0 Å². The lowest BCUT2D eigenvalue weighted by atomic mass is 9.94. The predicted molar refractivity (Wildman–Crippen MR) is 115 cm³/mol. The van der Waals surface area contributed by atoms with Crippen molar-refractivity contribution in [1.82, 2.24) is 15.1 Å². The summed E-state index contributed by atoms with van der Waals surface area (Å²) in [6, 6.07) is 7.50. The van der Waals surface area contributed by atoms with Crippen LogP contribution in [-0.4, -0.2) is 60.4 Å². The van der Waals surface area contributed by atoms with Crippen molar-refractivity contribution >= 4 is 27.7 Å². The summed E-state index contributed by atoms with van der Waals surface area (Å²) in [4.78, 5) is 30.0. The van der Waals surface area contributed by atoms with Gasteiger partial charge in [-0.25, -0.2) is 0 Å². The molecule has 2 amide bonds. The molecule has 1 saturated carbocycles. The van der Waals surface area contributed by atoms with Gasteiger partial charge in [-0.15, -0.1) is 0 Å². The average molecular weight is 450 g/mol. The van der Waals surface area contributed by atoms with E-state index in [0.717, 1.165) is 36.9 Å². The summed E-state index contributed by atoms with van der Waals surface area (Å²) < 4.78 is 0.917. The summed E-state index contributed by atoms with van der Waals surface area (Å²) in [5, 5.41) is 3.16. The fourth-order valence-electron chi connectivity index (χ4n) is 4.37. The van der Waals surface area contributed by atoms with Gasteiger partial charge < -0.3 is 10.2 Å². The first-order valence-corrected chi connectivity index (χ1v) is 11.3. The maximum Gasteiger partial charge on any atom is 0.253 e. The number of amides is 2. The van der Waals surface area contributed by atoms with Crippen LogP contribution in [0.5, 0.6) is 0 Å². The minimum Gasteiger partial charge on any atom is -0.354 e. The van der Waals surface area contributed by atoms with Crippen molar-refractivity contribution in [2.45, 2.75) is 45.6 Å². The monoisotopic (exact) mass is 449 g/mol. The van der Waals surface area contributed by atoms with Gasteiger partial charge in [-0.3, -0.25) is 14.5 Å². The fourth-order valence-corrected chi connectivity index (χ4v) is 4.77. The lowest BCUT2D eigenvalue weighted by molar-refractivity contribution is -0.129. The van der Waals surface area contributed by atoms with Gasteiger partial charge in [0, 0.05) is 42.8 Å². The molecule has 0 radical (unpaired) electrons. The van der Waals surface area contributed by atoms with Crippen molar-refractivity contribution in [3.8, 4) is 0 Å². The van der Waals surface area contributed by atoms with Crippen LogP contribution in [0.1, 0.15) is 49.9 Å². The standard InChI is InChI=1S/C22H32BrN3O2/c1-16(2)15-24-21(27)20(17-6-3-4-7-17)25-10-12-26(13-11-25)22(28)18-8-5-9-19(23)14-18/h5,8-9,14,16-17,20H,3-4,6-7,10-13,15H2,1-2H3,(H,24,27). The molecule has 1 N–H and O–H groups in total. The lowest BCUT2D eigenvalue weighted by Gasteiger charge is -2.41. The summed E-state index contributed by atoms with van der Waals surface area (Å²) in [6.45, 7) is 7.84. The van der Waals surface area contributed by atoms with Crippen LogP contribution in [-0.2, 0) is 4.79 Å². The average Bonchev–Trinajstić information content (AvgIpc) is 3.21. The van der Waals surface area contributed by atoms with Crippen molar-refractivity contribution in [2.24, 2.45) is 11.8 Å². The van der Waals surface area contributed by atoms with Gasteiger partial charge in [0.05, 0.1) is 6.04 Å². The SMILES string of the molecule is CC(C)CNC(=O)C(C1CCCC1)N1CCN(C(=O)c2cccc(Br)c2)CC1. The number of carbonyl (C=O) groups excluding carboxylic acids is 2. The predicted octanol–water partition coefficient (Wildman–Crippen LogP) is 3.54. The molecular weight excluding hydrogens is 418 g/mol. The highest BCUT2D eigenvalue weighted by Gasteiger charge is 2.37. The number of hydrogen-bond acceptors (Lipinski definition) is 3. The van der Waals surface area contributed by atoms with E-state index < -0.39 is 0 Å². The van der Waals surface area contributed by atoms with Crippen LogP contribution in [0.15, 0.2) is 28.7 Å². The van der Waals surface area contributed by atoms with Gasteiger partial charge in [0.25, 0.3) is 5.91 Å². The van der Waals surface area contributed by atoms with Crippen molar-refractivity contribution in [3.05, 3.63) is 34.3 Å². The number of piperazine rings is 1. The molecule has 1 aliphatic carbocycles. The Bertz CT molecular complexity index is 680. The third-order valence-corrected chi connectivity index (χ3v) is 6.36. The number of nitrogens with zero attached hydrogens (tertiary/aromatic N) is 2. The van der Waals surface area contributed by atoms with Crippen molar-refractivity contribution < 1.29 is 9.59 Å². The van der Waals surface area contributed by atoms with Crippen LogP contribution >= 0.6 is 15.9 Å². The Kier molecular flexibility index (Phi) is 7.52. The molecule has 1 heterocycles. The highest BCUT2D eigenvalue weighted by Crippen LogP contribution is 2.31. The summed E-state index contributed by atoms with van der Waals surface area (Å²) in [5.41, 5.74) is 0.713. The quantitative estimate of drug-likeness (QED) is 0.722. The molecule has 2 aliphatic rings. The van der Waals surface area contributed by atoms with E-state index in [1.165, 1.54) is 12.8 Å². The Morgan fingerprint density at radius 3 is 2.43 bits per heavy atom. The zero-order chi connectivity index (χ0) is 20.1. The largest absolute Gasteiger partial charge is 0.354 e. The van der Waals surface area contributed by atoms with E-state index in [4.69, 9.17) is 0 Å². The maximum atomic E-state index is 13.0. The number of hydrogen-bond donors (Lipinski definition) is 1. The topological polar surface area (TPSA) is 52.7 Å². The van der Waals surface area contributed by atoms with E-state index >= 15 is 0 Å². The van der Waals surface area contributed by atoms with Gasteiger partial charge >= 0.3 is 0 Å². The summed E-state index contributed by atoms with van der Waals surface area (Å²) >= 11 is 3.44. The van der Waals surface area contributed by atoms with E-state index in [1.807, 2.05) is 29.2 Å². The molecule has 0 spiro atoms. The molecule has 5 nitrogen and oxygen atoms in total. The van der Waals surface area contributed by atoms with Gasteiger partial charge in [0.1, 0.15) is 0 Å². The molecule has 0 bridgehead atoms. The summed E-state index contributed by atoms with van der Waals surface area (Å²) in [7, 11) is 0. The highest BCUT2D eigenvalue weighted by molar-refractivity contribution is 9.10. The first-order chi connectivity index (χ1) is 13.5. The molecule has 28 heavy (non-hydrogen) atoms. The summed E-state index contributed by atoms with van der Waals surface area (Å²) in [5.74, 6) is 1.14. The molecule has 1 unspecified atom stereocenters. The normalized spacial score (nSPS) is 19.8. The van der Waals surface area contributed by atoms with Gasteiger partial charge in [-0.05, 0) is 42.9 Å². The van der Waals surface area contributed by atoms with Crippen LogP contribution in [0, 0.1) is 11.8 Å². The van der Waals surface area contributed by atoms with Crippen molar-refractivity contribution in [3.63, 3.8) is 0 Å². The van der Waals surface area contributed by atoms with Gasteiger partial charge in [0.2, 0.25) is 5.91 Å². The van der Waals surface area contributed by atoms with E-state index in [2.05, 4.69) is 40.0 Å². The second-order valence-corrected chi connectivity index (χ2v) is 9.38. The zero-order valence-corrected chi connectivity index (χ0v) is 18.6. The second-order valence-electron chi connectivity index (χ2n) is 8.47. The summed E-state index contributed by atoms with van der Waals surface area (Å²) in [6.07, 6.45) is 4.72. The number of nitrogens with one attached hydrogen (secondary N) is 1. The molecule has 1 aliphatic heterocycles. The third-order valence-electron chi connectivity index (χ3n) is 5.87. The number of halogens is 1. The molecule has 154 valence electrons. The minimum atomic E-state index is -0.0515. The molecule has 1 aromatic carbocycles. The molecule has 2 fully saturated rings. The van der Waals surface area contributed by atoms with E-state index in [9.17, 15) is 9.59 Å². The van der Waals surface area contributed by atoms with E-state index in [-0.39, 0.29) is 17.9 Å². The first-order valence-electron chi connectivity index (χ1n) is 10.5. The molecule has 1 saturated heterocycles. The van der Waals surface area contributed by atoms with Gasteiger partial charge in [0.15, 0.2) is 0 Å². The van der Waals surface area contributed by atoms with Crippen LogP contribution in [0.25, 0.3) is 0 Å². The molecule has 3 rings (SSSR count). The fraction of sp³-hybridized carbons (Fsp3) is 0.636. The Hall–Kier alpha value is -1.40. The third kappa shape index (κ3) is 5.35. The Balaban J connectivity index is 1.62. The smallest absolute Gasteiger partial charge is 0.253 e. The molecule has 1 aromatic rings. The molecule has 0 aromatic heterocycles. The van der Waals surface area contributed by atoms with Gasteiger partial charge in [-0.2, -0.15) is 0 Å². The van der Waals surface area contributed by atoms with Crippen LogP contribution in [0.3, 0.4) is 0 Å². The number of carbonyl (C=O) groups is 2. The molecule has 6 heteroatoms. The lowest BCUT2D eigenvalue weighted by Crippen LogP contribution is -2.58.